The van der Waals surface area contributed by atoms with Crippen LogP contribution in [0.4, 0.5) is 11.4 Å². The van der Waals surface area contributed by atoms with Crippen LogP contribution < -0.4 is 21.1 Å². The SMILES string of the molecule is CCc1cc2ncc(CN3CCN(c4ccc(C(=O)N5CCN(CN6CCN(C(=O)c7ccc(NC(=O)CNCCn8ccnn8)c(Cl)n7)CC6)CC5)nc4)CC3)cc2[nH]c1=O. The van der Waals surface area contributed by atoms with E-state index >= 15 is 0 Å². The largest absolute Gasteiger partial charge is 0.368 e. The van der Waals surface area contributed by atoms with E-state index in [-0.39, 0.29) is 40.7 Å². The number of carbonyl (C=O) groups excluding carboxylic acids is 3. The predicted molar refractivity (Wildman–Crippen MR) is 234 cm³/mol. The van der Waals surface area contributed by atoms with Crippen molar-refractivity contribution in [1.82, 2.24) is 64.7 Å². The summed E-state index contributed by atoms with van der Waals surface area (Å²) in [5, 5.41) is 13.5. The summed E-state index contributed by atoms with van der Waals surface area (Å²) >= 11 is 6.37. The average molecular weight is 866 g/mol. The molecule has 0 spiro atoms. The highest BCUT2D eigenvalue weighted by Gasteiger charge is 2.28. The molecule has 5 aromatic heterocycles. The lowest BCUT2D eigenvalue weighted by Crippen LogP contribution is -2.55. The van der Waals surface area contributed by atoms with Gasteiger partial charge in [-0.3, -0.25) is 43.5 Å². The average Bonchev–Trinajstić information content (AvgIpc) is 3.82. The van der Waals surface area contributed by atoms with E-state index in [0.29, 0.717) is 70.2 Å². The van der Waals surface area contributed by atoms with Gasteiger partial charge in [-0.2, -0.15) is 0 Å². The lowest BCUT2D eigenvalue weighted by Gasteiger charge is -2.40. The summed E-state index contributed by atoms with van der Waals surface area (Å²) in [4.78, 5) is 80.9. The number of piperazine rings is 3. The number of nitrogens with one attached hydrogen (secondary N) is 3. The van der Waals surface area contributed by atoms with E-state index in [9.17, 15) is 19.2 Å². The molecule has 20 heteroatoms. The highest BCUT2D eigenvalue weighted by Crippen LogP contribution is 2.22. The number of hydrogen-bond donors (Lipinski definition) is 3. The van der Waals surface area contributed by atoms with E-state index in [4.69, 9.17) is 11.6 Å². The Kier molecular flexibility index (Phi) is 13.7. The number of halogens is 1. The van der Waals surface area contributed by atoms with E-state index in [1.807, 2.05) is 48.5 Å². The van der Waals surface area contributed by atoms with Crippen LogP contribution in [0, 0.1) is 0 Å². The Morgan fingerprint density at radius 1 is 0.806 bits per heavy atom. The third-order valence-corrected chi connectivity index (χ3v) is 11.9. The van der Waals surface area contributed by atoms with Gasteiger partial charge in [0.2, 0.25) is 5.91 Å². The summed E-state index contributed by atoms with van der Waals surface area (Å²) in [7, 11) is 0. The minimum atomic E-state index is -0.278. The number of aromatic amines is 1. The monoisotopic (exact) mass is 865 g/mol. The second kappa shape index (κ2) is 19.9. The molecule has 3 N–H and O–H groups in total. The molecule has 19 nitrogen and oxygen atoms in total. The van der Waals surface area contributed by atoms with Crippen molar-refractivity contribution in [3.8, 4) is 0 Å². The summed E-state index contributed by atoms with van der Waals surface area (Å²) in [6, 6.07) is 10.9. The number of rotatable bonds is 14. The highest BCUT2D eigenvalue weighted by molar-refractivity contribution is 6.32. The fourth-order valence-electron chi connectivity index (χ4n) is 8.02. The Labute approximate surface area is 364 Å². The first-order valence-corrected chi connectivity index (χ1v) is 21.6. The van der Waals surface area contributed by atoms with Crippen LogP contribution in [0.25, 0.3) is 11.0 Å². The molecule has 0 aromatic carbocycles. The molecule has 0 unspecified atom stereocenters. The number of carbonyl (C=O) groups is 3. The normalized spacial score (nSPS) is 16.8. The second-order valence-corrected chi connectivity index (χ2v) is 16.2. The van der Waals surface area contributed by atoms with Crippen molar-refractivity contribution in [1.29, 1.82) is 0 Å². The zero-order chi connectivity index (χ0) is 43.0. The molecule has 326 valence electrons. The molecule has 0 saturated carbocycles. The maximum Gasteiger partial charge on any atom is 0.272 e. The van der Waals surface area contributed by atoms with Crippen molar-refractivity contribution in [2.45, 2.75) is 26.4 Å². The van der Waals surface area contributed by atoms with Gasteiger partial charge in [0.05, 0.1) is 54.6 Å². The maximum absolute atomic E-state index is 13.4. The van der Waals surface area contributed by atoms with Crippen LogP contribution in [-0.4, -0.2) is 175 Å². The minimum absolute atomic E-state index is 0.0515. The number of aryl methyl sites for hydroxylation is 1. The fourth-order valence-corrected chi connectivity index (χ4v) is 8.22. The molecule has 0 aliphatic carbocycles. The Bertz CT molecular complexity index is 2390. The van der Waals surface area contributed by atoms with Gasteiger partial charge in [-0.25, -0.2) is 9.97 Å². The van der Waals surface area contributed by atoms with Gasteiger partial charge in [-0.15, -0.1) is 5.10 Å². The number of fused-ring (bicyclic) bond motifs is 1. The molecular weight excluding hydrogens is 814 g/mol. The van der Waals surface area contributed by atoms with E-state index in [2.05, 4.69) is 60.5 Å². The first kappa shape index (κ1) is 42.8. The zero-order valence-electron chi connectivity index (χ0n) is 34.9. The number of hydrogen-bond acceptors (Lipinski definition) is 14. The van der Waals surface area contributed by atoms with Crippen LogP contribution >= 0.6 is 11.6 Å². The first-order valence-electron chi connectivity index (χ1n) is 21.2. The van der Waals surface area contributed by atoms with Gasteiger partial charge in [0, 0.05) is 110 Å². The van der Waals surface area contributed by atoms with Gasteiger partial charge in [0.1, 0.15) is 11.4 Å². The standard InChI is InChI=1S/C42H52ClN15O4/c1-2-31-24-36-37(50-40(31)60)23-30(25-45-36)28-52-11-17-55(18-12-52)32-3-4-34(46-26-32)41(61)56-19-13-53(14-20-56)29-54-15-21-57(22-16-54)42(62)35-6-5-33(39(43)49-35)48-38(59)27-44-7-9-58-10-8-47-51-58/h3-6,8,10,23-26,44H,2,7,9,11-22,27-29H2,1H3,(H,48,59)(H,50,60). The van der Waals surface area contributed by atoms with Crippen molar-refractivity contribution in [3.05, 3.63) is 99.2 Å². The number of aromatic nitrogens is 7. The van der Waals surface area contributed by atoms with Crippen molar-refractivity contribution in [2.24, 2.45) is 0 Å². The Morgan fingerprint density at radius 2 is 1.50 bits per heavy atom. The van der Waals surface area contributed by atoms with Crippen LogP contribution in [0.15, 0.2) is 66.0 Å². The molecule has 0 radical (unpaired) electrons. The molecule has 5 aromatic rings. The van der Waals surface area contributed by atoms with E-state index in [1.54, 1.807) is 34.1 Å². The molecule has 3 fully saturated rings. The topological polar surface area (TPSA) is 197 Å². The van der Waals surface area contributed by atoms with E-state index in [0.717, 1.165) is 80.3 Å². The number of pyridine rings is 4. The summed E-state index contributed by atoms with van der Waals surface area (Å²) in [5.74, 6) is -0.534. The summed E-state index contributed by atoms with van der Waals surface area (Å²) in [6.07, 6.45) is 7.72. The molecule has 3 amide bonds. The van der Waals surface area contributed by atoms with Crippen molar-refractivity contribution in [2.75, 3.05) is 109 Å². The molecule has 3 saturated heterocycles. The second-order valence-electron chi connectivity index (χ2n) is 15.8. The molecule has 3 aliphatic rings. The maximum atomic E-state index is 13.4. The molecule has 0 atom stereocenters. The number of amides is 3. The number of H-pyrrole nitrogens is 1. The lowest BCUT2D eigenvalue weighted by atomic mass is 10.1. The van der Waals surface area contributed by atoms with Crippen LogP contribution in [0.2, 0.25) is 5.15 Å². The quantitative estimate of drug-likeness (QED) is 0.107. The smallest absolute Gasteiger partial charge is 0.272 e. The minimum Gasteiger partial charge on any atom is -0.368 e. The molecule has 3 aliphatic heterocycles. The molecule has 8 heterocycles. The van der Waals surface area contributed by atoms with Crippen molar-refractivity contribution < 1.29 is 14.4 Å². The van der Waals surface area contributed by atoms with Gasteiger partial charge in [-0.1, -0.05) is 23.7 Å². The van der Waals surface area contributed by atoms with Crippen molar-refractivity contribution >= 4 is 51.7 Å². The van der Waals surface area contributed by atoms with E-state index in [1.165, 1.54) is 0 Å². The zero-order valence-corrected chi connectivity index (χ0v) is 35.6. The Balaban J connectivity index is 0.723. The Hall–Kier alpha value is -5.86. The lowest BCUT2D eigenvalue weighted by molar-refractivity contribution is -0.115. The van der Waals surface area contributed by atoms with E-state index < -0.39 is 0 Å². The molecule has 0 bridgehead atoms. The first-order chi connectivity index (χ1) is 30.2. The van der Waals surface area contributed by atoms with Crippen LogP contribution in [0.1, 0.15) is 39.0 Å². The number of nitrogens with zero attached hydrogens (tertiary/aromatic N) is 12. The van der Waals surface area contributed by atoms with Gasteiger partial charge < -0.3 is 30.3 Å². The third-order valence-electron chi connectivity index (χ3n) is 11.7. The van der Waals surface area contributed by atoms with Gasteiger partial charge in [0.15, 0.2) is 5.15 Å². The van der Waals surface area contributed by atoms with Crippen LogP contribution in [0.3, 0.4) is 0 Å². The number of anilines is 2. The van der Waals surface area contributed by atoms with Crippen molar-refractivity contribution in [3.63, 3.8) is 0 Å². The van der Waals surface area contributed by atoms with Gasteiger partial charge >= 0.3 is 0 Å². The molecule has 62 heavy (non-hydrogen) atoms. The summed E-state index contributed by atoms with van der Waals surface area (Å²) in [5.41, 5.74) is 5.36. The molecular formula is C42H52ClN15O4. The third kappa shape index (κ3) is 10.6. The summed E-state index contributed by atoms with van der Waals surface area (Å²) < 4.78 is 1.67. The van der Waals surface area contributed by atoms with Gasteiger partial charge in [0.25, 0.3) is 17.4 Å². The van der Waals surface area contributed by atoms with Gasteiger partial charge in [-0.05, 0) is 48.4 Å². The fraction of sp³-hybridized carbons (Fsp3) is 0.452. The summed E-state index contributed by atoms with van der Waals surface area (Å²) in [6.45, 7) is 13.4. The highest BCUT2D eigenvalue weighted by atomic mass is 35.5. The van der Waals surface area contributed by atoms with Crippen LogP contribution in [0.5, 0.6) is 0 Å². The molecule has 8 rings (SSSR count). The van der Waals surface area contributed by atoms with Crippen LogP contribution in [-0.2, 0) is 24.3 Å². The Morgan fingerprint density at radius 3 is 2.15 bits per heavy atom. The predicted octanol–water partition coefficient (Wildman–Crippen LogP) is 1.24.